The monoisotopic (exact) mass is 272 g/mol. The highest BCUT2D eigenvalue weighted by Crippen LogP contribution is 2.13. The number of para-hydroxylation sites is 1. The zero-order valence-electron chi connectivity index (χ0n) is 12.6. The van der Waals surface area contributed by atoms with Gasteiger partial charge in [0.25, 0.3) is 0 Å². The number of hydrogen-bond acceptors (Lipinski definition) is 1. The average Bonchev–Trinajstić information content (AvgIpc) is 2.98. The Labute approximate surface area is 121 Å². The third-order valence-electron chi connectivity index (χ3n) is 3.40. The van der Waals surface area contributed by atoms with Gasteiger partial charge in [-0.3, -0.25) is 4.99 Å². The summed E-state index contributed by atoms with van der Waals surface area (Å²) in [5.74, 6) is 2.13. The van der Waals surface area contributed by atoms with Crippen molar-refractivity contribution in [2.75, 3.05) is 25.5 Å². The third kappa shape index (κ3) is 3.83. The van der Waals surface area contributed by atoms with Crippen molar-refractivity contribution >= 4 is 17.5 Å². The van der Waals surface area contributed by atoms with Gasteiger partial charge in [-0.1, -0.05) is 32.0 Å². The van der Waals surface area contributed by atoms with E-state index in [2.05, 4.69) is 41.2 Å². The predicted molar refractivity (Wildman–Crippen MR) is 86.5 cm³/mol. The van der Waals surface area contributed by atoms with E-state index < -0.39 is 0 Å². The molecule has 0 radical (unpaired) electrons. The molecule has 1 heterocycles. The molecule has 20 heavy (non-hydrogen) atoms. The van der Waals surface area contributed by atoms with Crippen LogP contribution >= 0.6 is 0 Å². The lowest BCUT2D eigenvalue weighted by Crippen LogP contribution is -2.35. The quantitative estimate of drug-likeness (QED) is 0.663. The van der Waals surface area contributed by atoms with Crippen LogP contribution in [0.5, 0.6) is 0 Å². The second-order valence-electron chi connectivity index (χ2n) is 5.36. The molecule has 2 rings (SSSR count). The number of likely N-dealkylation sites (tertiary alicyclic amines) is 1. The standard InChI is InChI=1S/C16H24N4/c1-13(2)15(17-3)19-16(20-11-7-8-12-20)18-14-9-5-4-6-10-14/h4-6,9-10,13H,7-8,11-12H2,1-3H3,(H,17,18,19). The number of aliphatic imine (C=N–C) groups is 2. The molecule has 1 saturated heterocycles. The van der Waals surface area contributed by atoms with E-state index in [1.165, 1.54) is 12.8 Å². The van der Waals surface area contributed by atoms with Crippen molar-refractivity contribution in [2.45, 2.75) is 26.7 Å². The topological polar surface area (TPSA) is 40.0 Å². The number of benzene rings is 1. The summed E-state index contributed by atoms with van der Waals surface area (Å²) in [4.78, 5) is 11.4. The van der Waals surface area contributed by atoms with Crippen molar-refractivity contribution in [3.8, 4) is 0 Å². The number of nitrogens with zero attached hydrogens (tertiary/aromatic N) is 3. The summed E-state index contributed by atoms with van der Waals surface area (Å²) >= 11 is 0. The highest BCUT2D eigenvalue weighted by atomic mass is 15.3. The molecule has 0 unspecified atom stereocenters. The first-order valence-electron chi connectivity index (χ1n) is 7.33. The van der Waals surface area contributed by atoms with Gasteiger partial charge in [0, 0.05) is 31.7 Å². The largest absolute Gasteiger partial charge is 0.342 e. The van der Waals surface area contributed by atoms with E-state index in [0.717, 1.165) is 30.6 Å². The first kappa shape index (κ1) is 14.6. The van der Waals surface area contributed by atoms with Crippen molar-refractivity contribution < 1.29 is 0 Å². The maximum Gasteiger partial charge on any atom is 0.204 e. The first-order valence-corrected chi connectivity index (χ1v) is 7.33. The van der Waals surface area contributed by atoms with E-state index in [-0.39, 0.29) is 0 Å². The van der Waals surface area contributed by atoms with Crippen LogP contribution < -0.4 is 5.32 Å². The van der Waals surface area contributed by atoms with Gasteiger partial charge in [0.2, 0.25) is 5.96 Å². The van der Waals surface area contributed by atoms with Crippen molar-refractivity contribution in [3.63, 3.8) is 0 Å². The van der Waals surface area contributed by atoms with Gasteiger partial charge in [-0.05, 0) is 25.0 Å². The minimum Gasteiger partial charge on any atom is -0.342 e. The van der Waals surface area contributed by atoms with Crippen LogP contribution in [0.1, 0.15) is 26.7 Å². The highest BCUT2D eigenvalue weighted by Gasteiger charge is 2.17. The second kappa shape index (κ2) is 7.08. The molecule has 1 aliphatic rings. The van der Waals surface area contributed by atoms with E-state index in [1.54, 1.807) is 0 Å². The Morgan fingerprint density at radius 1 is 1.15 bits per heavy atom. The molecule has 0 saturated carbocycles. The highest BCUT2D eigenvalue weighted by molar-refractivity contribution is 6.03. The van der Waals surface area contributed by atoms with E-state index in [9.17, 15) is 0 Å². The molecule has 1 aromatic rings. The molecule has 0 amide bonds. The summed E-state index contributed by atoms with van der Waals surface area (Å²) in [6.45, 7) is 6.37. The number of guanidine groups is 1. The van der Waals surface area contributed by atoms with Crippen LogP contribution in [-0.2, 0) is 0 Å². The lowest BCUT2D eigenvalue weighted by Gasteiger charge is -2.22. The first-order chi connectivity index (χ1) is 9.70. The van der Waals surface area contributed by atoms with Gasteiger partial charge in [-0.25, -0.2) is 0 Å². The Morgan fingerprint density at radius 2 is 1.80 bits per heavy atom. The van der Waals surface area contributed by atoms with Crippen LogP contribution in [0.4, 0.5) is 5.69 Å². The van der Waals surface area contributed by atoms with E-state index in [0.29, 0.717) is 5.92 Å². The van der Waals surface area contributed by atoms with Crippen LogP contribution in [0, 0.1) is 5.92 Å². The van der Waals surface area contributed by atoms with Crippen molar-refractivity contribution in [1.29, 1.82) is 0 Å². The Balaban J connectivity index is 2.22. The Bertz CT molecular complexity index is 471. The molecule has 0 bridgehead atoms. The predicted octanol–water partition coefficient (Wildman–Crippen LogP) is 3.23. The number of nitrogens with one attached hydrogen (secondary N) is 1. The van der Waals surface area contributed by atoms with Gasteiger partial charge < -0.3 is 10.2 Å². The van der Waals surface area contributed by atoms with Gasteiger partial charge in [-0.15, -0.1) is 0 Å². The van der Waals surface area contributed by atoms with Crippen molar-refractivity contribution in [2.24, 2.45) is 15.9 Å². The molecule has 108 valence electrons. The maximum atomic E-state index is 4.75. The normalized spacial score (nSPS) is 16.9. The molecular formula is C16H24N4. The lowest BCUT2D eigenvalue weighted by molar-refractivity contribution is 0.518. The third-order valence-corrected chi connectivity index (χ3v) is 3.40. The van der Waals surface area contributed by atoms with Crippen LogP contribution in [0.25, 0.3) is 0 Å². The summed E-state index contributed by atoms with van der Waals surface area (Å²) in [6.07, 6.45) is 2.46. The molecule has 0 spiro atoms. The van der Waals surface area contributed by atoms with E-state index in [4.69, 9.17) is 4.99 Å². The Hall–Kier alpha value is -1.84. The maximum absolute atomic E-state index is 4.75. The minimum absolute atomic E-state index is 0.329. The van der Waals surface area contributed by atoms with Gasteiger partial charge >= 0.3 is 0 Å². The molecule has 1 aliphatic heterocycles. The van der Waals surface area contributed by atoms with Gasteiger partial charge in [-0.2, -0.15) is 4.99 Å². The number of hydrogen-bond donors (Lipinski definition) is 1. The second-order valence-corrected chi connectivity index (χ2v) is 5.36. The molecule has 4 nitrogen and oxygen atoms in total. The number of anilines is 1. The summed E-state index contributed by atoms with van der Waals surface area (Å²) in [5.41, 5.74) is 1.07. The molecule has 4 heteroatoms. The lowest BCUT2D eigenvalue weighted by atomic mass is 10.2. The molecule has 1 N–H and O–H groups in total. The zero-order chi connectivity index (χ0) is 14.4. The molecule has 0 aromatic heterocycles. The van der Waals surface area contributed by atoms with E-state index >= 15 is 0 Å². The van der Waals surface area contributed by atoms with E-state index in [1.807, 2.05) is 25.2 Å². The molecule has 1 aromatic carbocycles. The van der Waals surface area contributed by atoms with Gasteiger partial charge in [0.1, 0.15) is 5.84 Å². The van der Waals surface area contributed by atoms with Crippen LogP contribution in [0.2, 0.25) is 0 Å². The van der Waals surface area contributed by atoms with Crippen LogP contribution in [0.3, 0.4) is 0 Å². The Morgan fingerprint density at radius 3 is 2.35 bits per heavy atom. The summed E-state index contributed by atoms with van der Waals surface area (Å²) < 4.78 is 0. The van der Waals surface area contributed by atoms with Crippen molar-refractivity contribution in [1.82, 2.24) is 4.90 Å². The zero-order valence-corrected chi connectivity index (χ0v) is 12.6. The van der Waals surface area contributed by atoms with Crippen molar-refractivity contribution in [3.05, 3.63) is 30.3 Å². The summed E-state index contributed by atoms with van der Waals surface area (Å²) in [5, 5.41) is 3.44. The van der Waals surface area contributed by atoms with Crippen LogP contribution in [-0.4, -0.2) is 36.8 Å². The SMILES string of the molecule is CN=C(N=C(Nc1ccccc1)N1CCCC1)C(C)C. The molecule has 0 atom stereocenters. The average molecular weight is 272 g/mol. The number of amidine groups is 1. The molecule has 0 aliphatic carbocycles. The van der Waals surface area contributed by atoms with Crippen LogP contribution in [0.15, 0.2) is 40.3 Å². The number of rotatable bonds is 2. The smallest absolute Gasteiger partial charge is 0.204 e. The van der Waals surface area contributed by atoms with Gasteiger partial charge in [0.15, 0.2) is 0 Å². The summed E-state index contributed by atoms with van der Waals surface area (Å²) in [6, 6.07) is 10.2. The van der Waals surface area contributed by atoms with Gasteiger partial charge in [0.05, 0.1) is 0 Å². The summed E-state index contributed by atoms with van der Waals surface area (Å²) in [7, 11) is 1.81. The fourth-order valence-electron chi connectivity index (χ4n) is 2.30. The minimum atomic E-state index is 0.329. The molecular weight excluding hydrogens is 248 g/mol. The fourth-order valence-corrected chi connectivity index (χ4v) is 2.30. The fraction of sp³-hybridized carbons (Fsp3) is 0.500. The molecule has 1 fully saturated rings. The Kier molecular flexibility index (Phi) is 5.16.